The van der Waals surface area contributed by atoms with Gasteiger partial charge in [0.05, 0.1) is 30.8 Å². The van der Waals surface area contributed by atoms with Gasteiger partial charge in [0.1, 0.15) is 0 Å². The lowest BCUT2D eigenvalue weighted by Gasteiger charge is -2.48. The number of carbonyl (C=O) groups is 1. The Balaban J connectivity index is 1.28. The van der Waals surface area contributed by atoms with Gasteiger partial charge in [0, 0.05) is 30.1 Å². The molecule has 3 atom stereocenters. The zero-order valence-corrected chi connectivity index (χ0v) is 21.0. The third-order valence-electron chi connectivity index (χ3n) is 7.20. The number of ether oxygens (including phenoxy) is 1. The van der Waals surface area contributed by atoms with Gasteiger partial charge in [-0.15, -0.1) is 0 Å². The van der Waals surface area contributed by atoms with E-state index in [1.165, 1.54) is 5.57 Å². The smallest absolute Gasteiger partial charge is 0.378 e. The summed E-state index contributed by atoms with van der Waals surface area (Å²) in [4.78, 5) is 15.6. The lowest BCUT2D eigenvalue weighted by atomic mass is 9.89. The summed E-state index contributed by atoms with van der Waals surface area (Å²) in [7, 11) is 0. The molecule has 2 bridgehead atoms. The van der Waals surface area contributed by atoms with E-state index in [4.69, 9.17) is 4.74 Å². The standard InChI is InChI=1S/C28H31F3N4O2/c1-18(2)11-12-35-25-6-4-3-5-24(25)26(33-35)27(36)32-21-13-22-16-37-17-23(14-21)34(22)15-19-7-9-20(10-8-19)28(29,30)31/h3-11,21-23H,12-17H2,1-2H3,(H,32,36)/t21-,22-,23+. The molecular formula is C28H31F3N4O2. The fraction of sp³-hybridized carbons (Fsp3) is 0.429. The lowest BCUT2D eigenvalue weighted by Crippen LogP contribution is -2.60. The molecule has 2 fully saturated rings. The van der Waals surface area contributed by atoms with Gasteiger partial charge in [-0.05, 0) is 50.5 Å². The van der Waals surface area contributed by atoms with Crippen molar-refractivity contribution in [3.05, 3.63) is 77.0 Å². The first-order valence-electron chi connectivity index (χ1n) is 12.6. The van der Waals surface area contributed by atoms with Crippen LogP contribution in [0.3, 0.4) is 0 Å². The highest BCUT2D eigenvalue weighted by Gasteiger charge is 2.40. The number of nitrogens with zero attached hydrogens (tertiary/aromatic N) is 3. The number of carbonyl (C=O) groups excluding carboxylic acids is 1. The Hall–Kier alpha value is -3.17. The van der Waals surface area contributed by atoms with E-state index in [1.54, 1.807) is 12.1 Å². The first-order valence-corrected chi connectivity index (χ1v) is 12.6. The fourth-order valence-corrected chi connectivity index (χ4v) is 5.33. The quantitative estimate of drug-likeness (QED) is 0.463. The van der Waals surface area contributed by atoms with Crippen LogP contribution in [0, 0.1) is 0 Å². The van der Waals surface area contributed by atoms with Crippen LogP contribution >= 0.6 is 0 Å². The van der Waals surface area contributed by atoms with Crippen LogP contribution in [0.1, 0.15) is 48.3 Å². The highest BCUT2D eigenvalue weighted by Crippen LogP contribution is 2.32. The van der Waals surface area contributed by atoms with Gasteiger partial charge in [-0.2, -0.15) is 18.3 Å². The molecule has 2 aromatic carbocycles. The van der Waals surface area contributed by atoms with E-state index < -0.39 is 11.7 Å². The number of allylic oxidation sites excluding steroid dienone is 2. The zero-order chi connectivity index (χ0) is 26.2. The van der Waals surface area contributed by atoms with Gasteiger partial charge in [-0.3, -0.25) is 14.4 Å². The van der Waals surface area contributed by atoms with Crippen LogP contribution in [0.5, 0.6) is 0 Å². The number of aromatic nitrogens is 2. The Kier molecular flexibility index (Phi) is 7.09. The molecule has 2 saturated heterocycles. The Morgan fingerprint density at radius 2 is 1.76 bits per heavy atom. The van der Waals surface area contributed by atoms with E-state index in [-0.39, 0.29) is 24.0 Å². The average Bonchev–Trinajstić information content (AvgIpc) is 3.22. The summed E-state index contributed by atoms with van der Waals surface area (Å²) in [5, 5.41) is 8.67. The second-order valence-corrected chi connectivity index (χ2v) is 10.2. The van der Waals surface area contributed by atoms with Crippen molar-refractivity contribution in [1.82, 2.24) is 20.0 Å². The number of benzene rings is 2. The topological polar surface area (TPSA) is 59.4 Å². The number of nitrogens with one attached hydrogen (secondary N) is 1. The molecule has 1 amide bonds. The molecular weight excluding hydrogens is 481 g/mol. The Morgan fingerprint density at radius 3 is 2.41 bits per heavy atom. The third kappa shape index (κ3) is 5.57. The van der Waals surface area contributed by atoms with Gasteiger partial charge in [0.2, 0.25) is 0 Å². The van der Waals surface area contributed by atoms with E-state index in [0.717, 1.165) is 28.6 Å². The fourth-order valence-electron chi connectivity index (χ4n) is 5.33. The molecule has 6 nitrogen and oxygen atoms in total. The largest absolute Gasteiger partial charge is 0.416 e. The maximum absolute atomic E-state index is 13.3. The number of rotatable bonds is 6. The zero-order valence-electron chi connectivity index (χ0n) is 21.0. The van der Waals surface area contributed by atoms with Crippen molar-refractivity contribution in [2.75, 3.05) is 13.2 Å². The van der Waals surface area contributed by atoms with Gasteiger partial charge < -0.3 is 10.1 Å². The minimum atomic E-state index is -4.34. The van der Waals surface area contributed by atoms with Crippen LogP contribution in [0.25, 0.3) is 10.9 Å². The summed E-state index contributed by atoms with van der Waals surface area (Å²) >= 11 is 0. The van der Waals surface area contributed by atoms with Crippen molar-refractivity contribution in [3.63, 3.8) is 0 Å². The van der Waals surface area contributed by atoms with Crippen molar-refractivity contribution < 1.29 is 22.7 Å². The number of amides is 1. The molecule has 0 spiro atoms. The van der Waals surface area contributed by atoms with Crippen LogP contribution < -0.4 is 5.32 Å². The minimum absolute atomic E-state index is 0.0306. The van der Waals surface area contributed by atoms with Gasteiger partial charge in [-0.1, -0.05) is 42.0 Å². The summed E-state index contributed by atoms with van der Waals surface area (Å²) in [5.41, 5.74) is 2.72. The van der Waals surface area contributed by atoms with Crippen LogP contribution in [0.2, 0.25) is 0 Å². The van der Waals surface area contributed by atoms with Gasteiger partial charge in [0.15, 0.2) is 5.69 Å². The molecule has 1 aromatic heterocycles. The van der Waals surface area contributed by atoms with Crippen molar-refractivity contribution in [2.24, 2.45) is 0 Å². The molecule has 0 aliphatic carbocycles. The lowest BCUT2D eigenvalue weighted by molar-refractivity contribution is -0.137. The molecule has 2 aliphatic heterocycles. The van der Waals surface area contributed by atoms with E-state index in [2.05, 4.69) is 21.4 Å². The van der Waals surface area contributed by atoms with E-state index in [1.807, 2.05) is 42.8 Å². The molecule has 0 radical (unpaired) electrons. The second-order valence-electron chi connectivity index (χ2n) is 10.2. The summed E-state index contributed by atoms with van der Waals surface area (Å²) in [6.07, 6.45) is -0.848. The van der Waals surface area contributed by atoms with Crippen LogP contribution in [0.15, 0.2) is 60.2 Å². The first kappa shape index (κ1) is 25.5. The van der Waals surface area contributed by atoms with Crippen molar-refractivity contribution >= 4 is 16.8 Å². The molecule has 0 unspecified atom stereocenters. The SMILES string of the molecule is CC(C)=CCn1nc(C(=O)N[C@H]2C[C@H]3COC[C@@H](C2)N3Cc2ccc(C(F)(F)F)cc2)c2ccccc21. The van der Waals surface area contributed by atoms with Crippen LogP contribution in [-0.2, 0) is 24.0 Å². The number of halogens is 3. The number of hydrogen-bond donors (Lipinski definition) is 1. The first-order chi connectivity index (χ1) is 17.7. The Labute approximate surface area is 214 Å². The van der Waals surface area contributed by atoms with Crippen LogP contribution in [-0.4, -0.2) is 51.9 Å². The highest BCUT2D eigenvalue weighted by molar-refractivity contribution is 6.05. The summed E-state index contributed by atoms with van der Waals surface area (Å²) in [6, 6.07) is 13.2. The number of hydrogen-bond acceptors (Lipinski definition) is 4. The normalized spacial score (nSPS) is 22.1. The molecule has 1 N–H and O–H groups in total. The van der Waals surface area contributed by atoms with Crippen molar-refractivity contribution in [3.8, 4) is 0 Å². The van der Waals surface area contributed by atoms with E-state index >= 15 is 0 Å². The number of piperidine rings is 1. The van der Waals surface area contributed by atoms with Crippen LogP contribution in [0.4, 0.5) is 13.2 Å². The number of para-hydroxylation sites is 1. The summed E-state index contributed by atoms with van der Waals surface area (Å²) in [6.45, 7) is 6.28. The minimum Gasteiger partial charge on any atom is -0.378 e. The third-order valence-corrected chi connectivity index (χ3v) is 7.20. The summed E-state index contributed by atoms with van der Waals surface area (Å²) in [5.74, 6) is -0.188. The molecule has 37 heavy (non-hydrogen) atoms. The van der Waals surface area contributed by atoms with Crippen molar-refractivity contribution in [1.29, 1.82) is 0 Å². The van der Waals surface area contributed by atoms with Gasteiger partial charge in [-0.25, -0.2) is 0 Å². The maximum Gasteiger partial charge on any atom is 0.416 e. The number of morpholine rings is 1. The molecule has 3 aromatic rings. The molecule has 9 heteroatoms. The number of alkyl halides is 3. The second kappa shape index (κ2) is 10.3. The molecule has 3 heterocycles. The predicted molar refractivity (Wildman–Crippen MR) is 135 cm³/mol. The molecule has 196 valence electrons. The van der Waals surface area contributed by atoms with Gasteiger partial charge >= 0.3 is 6.18 Å². The Bertz CT molecular complexity index is 1280. The molecule has 2 aliphatic rings. The number of fused-ring (bicyclic) bond motifs is 3. The van der Waals surface area contributed by atoms with Gasteiger partial charge in [0.25, 0.3) is 5.91 Å². The maximum atomic E-state index is 13.3. The van der Waals surface area contributed by atoms with Crippen molar-refractivity contribution in [2.45, 2.75) is 64.1 Å². The molecule has 0 saturated carbocycles. The highest BCUT2D eigenvalue weighted by atomic mass is 19.4. The average molecular weight is 513 g/mol. The molecule has 5 rings (SSSR count). The van der Waals surface area contributed by atoms with E-state index in [9.17, 15) is 18.0 Å². The van der Waals surface area contributed by atoms with E-state index in [0.29, 0.717) is 44.8 Å². The predicted octanol–water partition coefficient (Wildman–Crippen LogP) is 5.18. The Morgan fingerprint density at radius 1 is 1.08 bits per heavy atom. The monoisotopic (exact) mass is 512 g/mol. The summed E-state index contributed by atoms with van der Waals surface area (Å²) < 4.78 is 46.4.